The molecule has 0 saturated carbocycles. The van der Waals surface area contributed by atoms with E-state index in [4.69, 9.17) is 5.79 Å². The standard InChI is InChI=1S/C46H34O/c1-46(2,3)35-23-24-36-41-27-33(22-25-42(41)47-43(36)28-35)30-16-19-31(20-17-30)44-37-12-6-8-14-39(37)45(40-15-9-7-13-38(40)44)34-21-18-29-10-4-5-11-32(29)26-34/h4-28H,1-3H3/i4D. The Morgan fingerprint density at radius 2 is 1.04 bits per heavy atom. The lowest BCUT2D eigenvalue weighted by Gasteiger charge is -2.18. The summed E-state index contributed by atoms with van der Waals surface area (Å²) in [6, 6.07) is 52.8. The van der Waals surface area contributed by atoms with Gasteiger partial charge < -0.3 is 4.42 Å². The maximum absolute atomic E-state index is 8.05. The van der Waals surface area contributed by atoms with E-state index in [1.807, 2.05) is 12.1 Å². The summed E-state index contributed by atoms with van der Waals surface area (Å²) in [6.45, 7) is 6.70. The Kier molecular flexibility index (Phi) is 5.90. The molecule has 0 atom stereocenters. The van der Waals surface area contributed by atoms with Gasteiger partial charge in [-0.05, 0) is 101 Å². The maximum atomic E-state index is 8.05. The third-order valence-corrected chi connectivity index (χ3v) is 9.75. The third kappa shape index (κ3) is 4.54. The van der Waals surface area contributed by atoms with Crippen LogP contribution in [0.1, 0.15) is 27.7 Å². The van der Waals surface area contributed by atoms with Gasteiger partial charge in [0.1, 0.15) is 11.2 Å². The Morgan fingerprint density at radius 1 is 0.426 bits per heavy atom. The minimum Gasteiger partial charge on any atom is -0.456 e. The summed E-state index contributed by atoms with van der Waals surface area (Å²) in [5, 5.41) is 9.48. The molecule has 0 saturated heterocycles. The SMILES string of the molecule is [2H]c1ccc2cc(-c3c4ccccc4c(-c4ccc(-c5ccc6oc7cc(C(C)(C)C)ccc7c6c5)cc4)c4ccccc34)ccc2c1. The Balaban J connectivity index is 1.17. The maximum Gasteiger partial charge on any atom is 0.135 e. The van der Waals surface area contributed by atoms with Gasteiger partial charge in [0, 0.05) is 10.8 Å². The first-order valence-electron chi connectivity index (χ1n) is 16.8. The van der Waals surface area contributed by atoms with Crippen LogP contribution in [0, 0.1) is 0 Å². The molecular formula is C46H34O. The van der Waals surface area contributed by atoms with Gasteiger partial charge in [-0.15, -0.1) is 0 Å². The number of furan rings is 1. The van der Waals surface area contributed by atoms with Crippen LogP contribution in [0.3, 0.4) is 0 Å². The molecule has 0 aliphatic carbocycles. The van der Waals surface area contributed by atoms with Gasteiger partial charge >= 0.3 is 0 Å². The monoisotopic (exact) mass is 603 g/mol. The zero-order valence-electron chi connectivity index (χ0n) is 27.8. The molecule has 47 heavy (non-hydrogen) atoms. The molecule has 8 aromatic carbocycles. The molecule has 9 aromatic rings. The van der Waals surface area contributed by atoms with Crippen LogP contribution in [0.5, 0.6) is 0 Å². The number of fused-ring (bicyclic) bond motifs is 6. The van der Waals surface area contributed by atoms with Crippen molar-refractivity contribution in [2.45, 2.75) is 26.2 Å². The molecule has 0 aliphatic rings. The Hall–Kier alpha value is -5.66. The van der Waals surface area contributed by atoms with Crippen LogP contribution in [0.2, 0.25) is 0 Å². The molecular weight excluding hydrogens is 569 g/mol. The van der Waals surface area contributed by atoms with E-state index in [2.05, 4.69) is 154 Å². The topological polar surface area (TPSA) is 13.1 Å². The number of rotatable bonds is 3. The Bertz CT molecular complexity index is 2650. The molecule has 0 spiro atoms. The van der Waals surface area contributed by atoms with E-state index in [1.54, 1.807) is 0 Å². The predicted octanol–water partition coefficient (Wildman–Crippen LogP) is 13.3. The molecule has 0 N–H and O–H groups in total. The quantitative estimate of drug-likeness (QED) is 0.183. The first-order valence-corrected chi connectivity index (χ1v) is 16.3. The highest BCUT2D eigenvalue weighted by molar-refractivity contribution is 6.21. The molecule has 0 bridgehead atoms. The lowest BCUT2D eigenvalue weighted by Crippen LogP contribution is -2.10. The summed E-state index contributed by atoms with van der Waals surface area (Å²) in [5.74, 6) is 0. The van der Waals surface area contributed by atoms with Crippen molar-refractivity contribution in [2.24, 2.45) is 0 Å². The van der Waals surface area contributed by atoms with Gasteiger partial charge in [-0.1, -0.05) is 148 Å². The highest BCUT2D eigenvalue weighted by Crippen LogP contribution is 2.44. The number of benzene rings is 8. The summed E-state index contributed by atoms with van der Waals surface area (Å²) in [5.41, 5.74) is 10.4. The van der Waals surface area contributed by atoms with Crippen molar-refractivity contribution in [3.05, 3.63) is 157 Å². The van der Waals surface area contributed by atoms with Gasteiger partial charge in [-0.25, -0.2) is 0 Å². The van der Waals surface area contributed by atoms with E-state index in [0.29, 0.717) is 6.04 Å². The summed E-state index contributed by atoms with van der Waals surface area (Å²) in [4.78, 5) is 0. The largest absolute Gasteiger partial charge is 0.456 e. The summed E-state index contributed by atoms with van der Waals surface area (Å²) in [7, 11) is 0. The van der Waals surface area contributed by atoms with Crippen molar-refractivity contribution in [1.82, 2.24) is 0 Å². The van der Waals surface area contributed by atoms with E-state index < -0.39 is 0 Å². The van der Waals surface area contributed by atoms with E-state index in [0.717, 1.165) is 32.7 Å². The Morgan fingerprint density at radius 3 is 1.72 bits per heavy atom. The fraction of sp³-hybridized carbons (Fsp3) is 0.0870. The van der Waals surface area contributed by atoms with Crippen LogP contribution in [0.15, 0.2) is 156 Å². The van der Waals surface area contributed by atoms with Crippen LogP contribution in [-0.2, 0) is 5.41 Å². The van der Waals surface area contributed by atoms with Gasteiger partial charge in [0.25, 0.3) is 0 Å². The average molecular weight is 604 g/mol. The molecule has 0 amide bonds. The fourth-order valence-electron chi connectivity index (χ4n) is 7.28. The smallest absolute Gasteiger partial charge is 0.135 e. The minimum absolute atomic E-state index is 0.0705. The van der Waals surface area contributed by atoms with Crippen LogP contribution < -0.4 is 0 Å². The summed E-state index contributed by atoms with van der Waals surface area (Å²) >= 11 is 0. The van der Waals surface area contributed by atoms with Gasteiger partial charge in [-0.3, -0.25) is 0 Å². The molecule has 9 rings (SSSR count). The molecule has 0 unspecified atom stereocenters. The van der Waals surface area contributed by atoms with Crippen molar-refractivity contribution < 1.29 is 5.79 Å². The second-order valence-electron chi connectivity index (χ2n) is 13.7. The third-order valence-electron chi connectivity index (χ3n) is 9.75. The molecule has 1 heteroatoms. The first-order chi connectivity index (χ1) is 23.3. The second-order valence-corrected chi connectivity index (χ2v) is 13.7. The highest BCUT2D eigenvalue weighted by atomic mass is 16.3. The van der Waals surface area contributed by atoms with Crippen LogP contribution in [-0.4, -0.2) is 0 Å². The summed E-state index contributed by atoms with van der Waals surface area (Å²) in [6.07, 6.45) is 0. The van der Waals surface area contributed by atoms with Crippen molar-refractivity contribution in [2.75, 3.05) is 0 Å². The molecule has 0 radical (unpaired) electrons. The van der Waals surface area contributed by atoms with Crippen LogP contribution >= 0.6 is 0 Å². The number of hydrogen-bond acceptors (Lipinski definition) is 1. The molecule has 1 aromatic heterocycles. The first kappa shape index (κ1) is 26.5. The molecule has 1 heterocycles. The van der Waals surface area contributed by atoms with Gasteiger partial charge in [0.2, 0.25) is 0 Å². The fourth-order valence-corrected chi connectivity index (χ4v) is 7.28. The molecule has 224 valence electrons. The van der Waals surface area contributed by atoms with Crippen molar-refractivity contribution >= 4 is 54.3 Å². The van der Waals surface area contributed by atoms with E-state index >= 15 is 0 Å². The lowest BCUT2D eigenvalue weighted by molar-refractivity contribution is 0.587. The van der Waals surface area contributed by atoms with Gasteiger partial charge in [0.05, 0.1) is 1.37 Å². The second kappa shape index (κ2) is 10.4. The van der Waals surface area contributed by atoms with Crippen molar-refractivity contribution in [1.29, 1.82) is 0 Å². The normalized spacial score (nSPS) is 12.4. The molecule has 0 fully saturated rings. The van der Waals surface area contributed by atoms with E-state index in [1.165, 1.54) is 60.5 Å². The van der Waals surface area contributed by atoms with Gasteiger partial charge in [-0.2, -0.15) is 0 Å². The lowest BCUT2D eigenvalue weighted by atomic mass is 9.85. The predicted molar refractivity (Wildman–Crippen MR) is 201 cm³/mol. The van der Waals surface area contributed by atoms with E-state index in [9.17, 15) is 0 Å². The van der Waals surface area contributed by atoms with Gasteiger partial charge in [0.15, 0.2) is 0 Å². The highest BCUT2D eigenvalue weighted by Gasteiger charge is 2.18. The van der Waals surface area contributed by atoms with Crippen molar-refractivity contribution in [3.8, 4) is 33.4 Å². The van der Waals surface area contributed by atoms with Crippen LogP contribution in [0.4, 0.5) is 0 Å². The summed E-state index contributed by atoms with van der Waals surface area (Å²) < 4.78 is 14.3. The minimum atomic E-state index is 0.0705. The molecule has 1 nitrogen and oxygen atoms in total. The van der Waals surface area contributed by atoms with Crippen LogP contribution in [0.25, 0.3) is 87.6 Å². The number of hydrogen-bond donors (Lipinski definition) is 0. The van der Waals surface area contributed by atoms with E-state index in [-0.39, 0.29) is 5.41 Å². The molecule has 0 aliphatic heterocycles. The zero-order chi connectivity index (χ0) is 32.6. The zero-order valence-corrected chi connectivity index (χ0v) is 26.8. The average Bonchev–Trinajstić information content (AvgIpc) is 3.47. The Labute approximate surface area is 276 Å². The van der Waals surface area contributed by atoms with Crippen molar-refractivity contribution in [3.63, 3.8) is 0 Å².